The molecule has 1 heterocycles. The first-order valence-corrected chi connectivity index (χ1v) is 6.32. The normalized spacial score (nSPS) is 22.5. The highest BCUT2D eigenvalue weighted by atomic mass is 79.9. The van der Waals surface area contributed by atoms with Crippen LogP contribution in [0.3, 0.4) is 0 Å². The van der Waals surface area contributed by atoms with Gasteiger partial charge in [0.15, 0.2) is 0 Å². The van der Waals surface area contributed by atoms with E-state index in [2.05, 4.69) is 21.2 Å². The largest absolute Gasteiger partial charge is 0.368 e. The van der Waals surface area contributed by atoms with Gasteiger partial charge in [-0.05, 0) is 24.6 Å². The van der Waals surface area contributed by atoms with E-state index in [0.29, 0.717) is 5.56 Å². The lowest BCUT2D eigenvalue weighted by atomic mass is 9.92. The number of hydrogen-bond acceptors (Lipinski definition) is 3. The molecule has 1 atom stereocenters. The molecule has 3 N–H and O–H groups in total. The van der Waals surface area contributed by atoms with Crippen LogP contribution in [0.15, 0.2) is 28.7 Å². The maximum Gasteiger partial charge on any atom is 0.325 e. The molecule has 1 fully saturated rings. The van der Waals surface area contributed by atoms with E-state index in [4.69, 9.17) is 5.73 Å². The van der Waals surface area contributed by atoms with Crippen LogP contribution >= 0.6 is 15.9 Å². The molecule has 0 spiro atoms. The third-order valence-corrected chi connectivity index (χ3v) is 3.48. The molecule has 1 aliphatic rings. The quantitative estimate of drug-likeness (QED) is 0.801. The number of benzene rings is 1. The van der Waals surface area contributed by atoms with Gasteiger partial charge < -0.3 is 11.1 Å². The molecule has 1 saturated heterocycles. The molecule has 0 saturated carbocycles. The second-order valence-electron chi connectivity index (χ2n) is 4.42. The molecule has 2 rings (SSSR count). The van der Waals surface area contributed by atoms with Gasteiger partial charge in [0, 0.05) is 4.47 Å². The van der Waals surface area contributed by atoms with Gasteiger partial charge in [-0.1, -0.05) is 28.1 Å². The van der Waals surface area contributed by atoms with Crippen molar-refractivity contribution in [3.8, 4) is 0 Å². The van der Waals surface area contributed by atoms with Gasteiger partial charge in [0.05, 0.1) is 0 Å². The molecule has 0 aliphatic carbocycles. The number of primary amides is 1. The van der Waals surface area contributed by atoms with Crippen LogP contribution in [0.5, 0.6) is 0 Å². The van der Waals surface area contributed by atoms with Gasteiger partial charge in [-0.3, -0.25) is 14.5 Å². The maximum absolute atomic E-state index is 12.3. The van der Waals surface area contributed by atoms with Gasteiger partial charge in [0.2, 0.25) is 5.91 Å². The molecule has 0 aromatic heterocycles. The predicted molar refractivity (Wildman–Crippen MR) is 70.9 cm³/mol. The Balaban J connectivity index is 2.38. The lowest BCUT2D eigenvalue weighted by Crippen LogP contribution is -2.42. The van der Waals surface area contributed by atoms with Crippen LogP contribution in [-0.2, 0) is 15.1 Å². The number of urea groups is 1. The first-order chi connectivity index (χ1) is 8.84. The first-order valence-electron chi connectivity index (χ1n) is 5.53. The fourth-order valence-electron chi connectivity index (χ4n) is 1.99. The Bertz CT molecular complexity index is 575. The summed E-state index contributed by atoms with van der Waals surface area (Å²) in [4.78, 5) is 35.8. The third kappa shape index (κ3) is 2.33. The zero-order valence-electron chi connectivity index (χ0n) is 10.1. The summed E-state index contributed by atoms with van der Waals surface area (Å²) in [6.45, 7) is 1.17. The molecule has 19 heavy (non-hydrogen) atoms. The van der Waals surface area contributed by atoms with Gasteiger partial charge in [0.25, 0.3) is 5.91 Å². The number of nitrogens with two attached hydrogens (primary N) is 1. The summed E-state index contributed by atoms with van der Waals surface area (Å²) in [7, 11) is 0. The van der Waals surface area contributed by atoms with Crippen molar-refractivity contribution in [3.05, 3.63) is 34.3 Å². The lowest BCUT2D eigenvalue weighted by molar-refractivity contribution is -0.134. The second kappa shape index (κ2) is 4.65. The van der Waals surface area contributed by atoms with Crippen molar-refractivity contribution in [1.82, 2.24) is 10.2 Å². The topological polar surface area (TPSA) is 92.5 Å². The molecule has 0 radical (unpaired) electrons. The van der Waals surface area contributed by atoms with Gasteiger partial charge in [-0.2, -0.15) is 0 Å². The van der Waals surface area contributed by atoms with E-state index in [-0.39, 0.29) is 0 Å². The minimum atomic E-state index is -1.18. The van der Waals surface area contributed by atoms with Gasteiger partial charge in [0.1, 0.15) is 12.1 Å². The maximum atomic E-state index is 12.3. The van der Waals surface area contributed by atoms with Gasteiger partial charge >= 0.3 is 6.03 Å². The third-order valence-electron chi connectivity index (χ3n) is 2.99. The average Bonchev–Trinajstić information content (AvgIpc) is 2.54. The van der Waals surface area contributed by atoms with Gasteiger partial charge in [-0.25, -0.2) is 4.79 Å². The monoisotopic (exact) mass is 325 g/mol. The summed E-state index contributed by atoms with van der Waals surface area (Å²) < 4.78 is 0.793. The first kappa shape index (κ1) is 13.5. The average molecular weight is 326 g/mol. The number of carbonyl (C=O) groups excluding carboxylic acids is 3. The van der Waals surface area contributed by atoms with E-state index in [1.54, 1.807) is 25.1 Å². The molecule has 1 aromatic rings. The number of halogens is 1. The number of carbonyl (C=O) groups is 3. The molecule has 1 aliphatic heterocycles. The van der Waals surface area contributed by atoms with Crippen molar-refractivity contribution in [1.29, 1.82) is 0 Å². The van der Waals surface area contributed by atoms with Crippen molar-refractivity contribution in [2.45, 2.75) is 12.5 Å². The number of imide groups is 1. The zero-order valence-corrected chi connectivity index (χ0v) is 11.7. The van der Waals surface area contributed by atoms with E-state index in [1.807, 2.05) is 6.07 Å². The Morgan fingerprint density at radius 3 is 2.74 bits per heavy atom. The molecule has 7 heteroatoms. The van der Waals surface area contributed by atoms with Crippen molar-refractivity contribution < 1.29 is 14.4 Å². The van der Waals surface area contributed by atoms with Crippen molar-refractivity contribution in [2.24, 2.45) is 5.73 Å². The minimum Gasteiger partial charge on any atom is -0.368 e. The molecule has 0 bridgehead atoms. The number of nitrogens with one attached hydrogen (secondary N) is 1. The molecule has 1 aromatic carbocycles. The summed E-state index contributed by atoms with van der Waals surface area (Å²) in [6, 6.07) is 6.44. The molecule has 4 amide bonds. The Hall–Kier alpha value is -1.89. The number of amides is 4. The smallest absolute Gasteiger partial charge is 0.325 e. The highest BCUT2D eigenvalue weighted by molar-refractivity contribution is 9.10. The molecular formula is C12H12BrN3O3. The second-order valence-corrected chi connectivity index (χ2v) is 5.34. The van der Waals surface area contributed by atoms with E-state index in [9.17, 15) is 14.4 Å². The van der Waals surface area contributed by atoms with Crippen molar-refractivity contribution in [2.75, 3.05) is 6.54 Å². The van der Waals surface area contributed by atoms with Crippen LogP contribution in [0.25, 0.3) is 0 Å². The fourth-order valence-corrected chi connectivity index (χ4v) is 2.39. The molecule has 100 valence electrons. The summed E-state index contributed by atoms with van der Waals surface area (Å²) in [5.74, 6) is -1.23. The van der Waals surface area contributed by atoms with Crippen LogP contribution in [0.2, 0.25) is 0 Å². The summed E-state index contributed by atoms with van der Waals surface area (Å²) in [6.07, 6.45) is 0. The lowest BCUT2D eigenvalue weighted by Gasteiger charge is -2.22. The van der Waals surface area contributed by atoms with E-state index < -0.39 is 29.9 Å². The van der Waals surface area contributed by atoms with Crippen LogP contribution < -0.4 is 11.1 Å². The zero-order chi connectivity index (χ0) is 14.2. The van der Waals surface area contributed by atoms with E-state index in [1.165, 1.54) is 0 Å². The number of hydrogen-bond donors (Lipinski definition) is 2. The highest BCUT2D eigenvalue weighted by Gasteiger charge is 2.49. The summed E-state index contributed by atoms with van der Waals surface area (Å²) >= 11 is 3.31. The fraction of sp³-hybridized carbons (Fsp3) is 0.250. The SMILES string of the molecule is CC1(c2cccc(Br)c2)NC(=O)N(CC(N)=O)C1=O. The Morgan fingerprint density at radius 1 is 1.47 bits per heavy atom. The number of rotatable bonds is 3. The van der Waals surface area contributed by atoms with Gasteiger partial charge in [-0.15, -0.1) is 0 Å². The minimum absolute atomic E-state index is 0.422. The Kier molecular flexibility index (Phi) is 3.32. The highest BCUT2D eigenvalue weighted by Crippen LogP contribution is 2.30. The summed E-state index contributed by atoms with van der Waals surface area (Å²) in [5.41, 5.74) is 4.48. The van der Waals surface area contributed by atoms with E-state index >= 15 is 0 Å². The standard InChI is InChI=1S/C12H12BrN3O3/c1-12(7-3-2-4-8(13)5-7)10(18)16(6-9(14)17)11(19)15-12/h2-5H,6H2,1H3,(H2,14,17)(H,15,19). The molecule has 6 nitrogen and oxygen atoms in total. The summed E-state index contributed by atoms with van der Waals surface area (Å²) in [5, 5.41) is 2.59. The van der Waals surface area contributed by atoms with Crippen LogP contribution in [0, 0.1) is 0 Å². The molecular weight excluding hydrogens is 314 g/mol. The van der Waals surface area contributed by atoms with E-state index in [0.717, 1.165) is 9.37 Å². The van der Waals surface area contributed by atoms with Crippen LogP contribution in [0.1, 0.15) is 12.5 Å². The predicted octanol–water partition coefficient (Wildman–Crippen LogP) is 0.701. The Morgan fingerprint density at radius 2 is 2.16 bits per heavy atom. The van der Waals surface area contributed by atoms with Crippen LogP contribution in [0.4, 0.5) is 4.79 Å². The van der Waals surface area contributed by atoms with Crippen molar-refractivity contribution in [3.63, 3.8) is 0 Å². The van der Waals surface area contributed by atoms with Crippen molar-refractivity contribution >= 4 is 33.8 Å². The molecule has 1 unspecified atom stereocenters. The number of nitrogens with zero attached hydrogens (tertiary/aromatic N) is 1. The Labute approximate surface area is 118 Å². The van der Waals surface area contributed by atoms with Crippen LogP contribution in [-0.4, -0.2) is 29.3 Å².